The topological polar surface area (TPSA) is 63.2 Å². The smallest absolute Gasteiger partial charge is 0.237 e. The third kappa shape index (κ3) is 5.18. The van der Waals surface area contributed by atoms with Crippen LogP contribution in [0, 0.1) is 0 Å². The quantitative estimate of drug-likeness (QED) is 0.860. The number of aromatic nitrogens is 1. The lowest BCUT2D eigenvalue weighted by Crippen LogP contribution is -2.40. The van der Waals surface area contributed by atoms with Crippen LogP contribution in [0.4, 0.5) is 0 Å². The number of thiazole rings is 1. The lowest BCUT2D eigenvalue weighted by atomic mass is 10.2. The van der Waals surface area contributed by atoms with Gasteiger partial charge >= 0.3 is 0 Å². The van der Waals surface area contributed by atoms with E-state index < -0.39 is 0 Å². The second-order valence-electron chi connectivity index (χ2n) is 4.42. The Kier molecular flexibility index (Phi) is 9.33. The summed E-state index contributed by atoms with van der Waals surface area (Å²) in [5.74, 6) is 0.0711. The van der Waals surface area contributed by atoms with E-state index in [9.17, 15) is 4.79 Å². The summed E-state index contributed by atoms with van der Waals surface area (Å²) in [5.41, 5.74) is 0.894. The molecule has 2 rings (SSSR count). The van der Waals surface area contributed by atoms with Crippen LogP contribution in [0.2, 0.25) is 0 Å². The van der Waals surface area contributed by atoms with Crippen molar-refractivity contribution in [2.75, 3.05) is 13.7 Å². The van der Waals surface area contributed by atoms with Gasteiger partial charge in [-0.1, -0.05) is 0 Å². The van der Waals surface area contributed by atoms with Crippen molar-refractivity contribution in [3.05, 3.63) is 16.1 Å². The van der Waals surface area contributed by atoms with Crippen LogP contribution in [0.15, 0.2) is 5.38 Å². The maximum atomic E-state index is 11.8. The van der Waals surface area contributed by atoms with Gasteiger partial charge in [-0.15, -0.1) is 36.2 Å². The highest BCUT2D eigenvalue weighted by atomic mass is 35.5. The average Bonchev–Trinajstić information content (AvgIpc) is 3.05. The molecule has 1 amide bonds. The summed E-state index contributed by atoms with van der Waals surface area (Å²) >= 11 is 1.56. The molecule has 1 aromatic rings. The minimum Gasteiger partial charge on any atom is -0.375 e. The fourth-order valence-electron chi connectivity index (χ4n) is 1.90. The van der Waals surface area contributed by atoms with Crippen LogP contribution in [0.3, 0.4) is 0 Å². The molecule has 116 valence electrons. The number of rotatable bonds is 5. The molecule has 1 fully saturated rings. The van der Waals surface area contributed by atoms with Gasteiger partial charge in [-0.25, -0.2) is 4.98 Å². The molecule has 0 spiro atoms. The van der Waals surface area contributed by atoms with E-state index in [1.54, 1.807) is 18.4 Å². The number of hydrogen-bond donors (Lipinski definition) is 2. The molecule has 2 heterocycles. The molecule has 1 aromatic heterocycles. The van der Waals surface area contributed by atoms with E-state index in [2.05, 4.69) is 15.6 Å². The summed E-state index contributed by atoms with van der Waals surface area (Å²) in [6, 6.07) is -0.0268. The number of methoxy groups -OCH3 is 1. The summed E-state index contributed by atoms with van der Waals surface area (Å²) in [6.45, 7) is 3.39. The van der Waals surface area contributed by atoms with Gasteiger partial charge in [0.2, 0.25) is 5.91 Å². The fourth-order valence-corrected chi connectivity index (χ4v) is 2.75. The molecule has 20 heavy (non-hydrogen) atoms. The first-order chi connectivity index (χ1) is 8.70. The minimum atomic E-state index is -0.0268. The highest BCUT2D eigenvalue weighted by molar-refractivity contribution is 7.09. The molecule has 1 aliphatic rings. The van der Waals surface area contributed by atoms with Crippen LogP contribution in [-0.4, -0.2) is 30.6 Å². The van der Waals surface area contributed by atoms with Gasteiger partial charge in [-0.3, -0.25) is 4.79 Å². The summed E-state index contributed by atoms with van der Waals surface area (Å²) in [4.78, 5) is 16.2. The molecule has 2 atom stereocenters. The van der Waals surface area contributed by atoms with Crippen LogP contribution < -0.4 is 10.6 Å². The van der Waals surface area contributed by atoms with Gasteiger partial charge in [0.05, 0.1) is 18.3 Å². The van der Waals surface area contributed by atoms with Crippen molar-refractivity contribution in [2.45, 2.75) is 38.5 Å². The van der Waals surface area contributed by atoms with E-state index >= 15 is 0 Å². The van der Waals surface area contributed by atoms with Crippen LogP contribution in [0.1, 0.15) is 36.6 Å². The highest BCUT2D eigenvalue weighted by Crippen LogP contribution is 2.20. The first-order valence-electron chi connectivity index (χ1n) is 6.19. The predicted molar refractivity (Wildman–Crippen MR) is 84.9 cm³/mol. The first kappa shape index (κ1) is 19.6. The van der Waals surface area contributed by atoms with Crippen molar-refractivity contribution in [3.63, 3.8) is 0 Å². The van der Waals surface area contributed by atoms with E-state index in [4.69, 9.17) is 4.74 Å². The maximum absolute atomic E-state index is 11.8. The zero-order chi connectivity index (χ0) is 13.0. The Morgan fingerprint density at radius 1 is 1.65 bits per heavy atom. The van der Waals surface area contributed by atoms with Crippen molar-refractivity contribution >= 4 is 42.1 Å². The summed E-state index contributed by atoms with van der Waals surface area (Å²) in [7, 11) is 1.67. The first-order valence-corrected chi connectivity index (χ1v) is 7.07. The second-order valence-corrected chi connectivity index (χ2v) is 5.31. The monoisotopic (exact) mass is 341 g/mol. The number of nitrogens with one attached hydrogen (secondary N) is 2. The number of hydrogen-bond acceptors (Lipinski definition) is 5. The van der Waals surface area contributed by atoms with E-state index in [1.165, 1.54) is 0 Å². The summed E-state index contributed by atoms with van der Waals surface area (Å²) < 4.78 is 5.21. The zero-order valence-corrected chi connectivity index (χ0v) is 14.0. The van der Waals surface area contributed by atoms with Crippen LogP contribution in [0.25, 0.3) is 0 Å². The Bertz CT molecular complexity index is 411. The molecule has 0 aromatic carbocycles. The van der Waals surface area contributed by atoms with Crippen LogP contribution in [-0.2, 0) is 16.1 Å². The standard InChI is InChI=1S/C12H19N3O2S.2ClH/c1-8(17-2)12-15-9(7-18-12)6-14-11(16)10-4-3-5-13-10;;/h7-8,10,13H,3-6H2,1-2H3,(H,14,16);2*1H/t8?,10-;;/m0../s1. The van der Waals surface area contributed by atoms with Crippen molar-refractivity contribution < 1.29 is 9.53 Å². The lowest BCUT2D eigenvalue weighted by molar-refractivity contribution is -0.122. The summed E-state index contributed by atoms with van der Waals surface area (Å²) in [5, 5.41) is 9.00. The third-order valence-electron chi connectivity index (χ3n) is 3.09. The van der Waals surface area contributed by atoms with Crippen LogP contribution in [0.5, 0.6) is 0 Å². The number of halogens is 2. The number of nitrogens with zero attached hydrogens (tertiary/aromatic N) is 1. The Morgan fingerprint density at radius 3 is 3.00 bits per heavy atom. The van der Waals surface area contributed by atoms with Crippen molar-refractivity contribution in [3.8, 4) is 0 Å². The molecule has 1 saturated heterocycles. The van der Waals surface area contributed by atoms with E-state index in [0.29, 0.717) is 6.54 Å². The molecule has 1 aliphatic heterocycles. The normalized spacial score (nSPS) is 18.8. The van der Waals surface area contributed by atoms with Crippen molar-refractivity contribution in [1.29, 1.82) is 0 Å². The predicted octanol–water partition coefficient (Wildman–Crippen LogP) is 2.06. The highest BCUT2D eigenvalue weighted by Gasteiger charge is 2.21. The Hall–Kier alpha value is -0.400. The van der Waals surface area contributed by atoms with Gasteiger partial charge < -0.3 is 15.4 Å². The molecule has 0 bridgehead atoms. The van der Waals surface area contributed by atoms with Gasteiger partial charge in [0.15, 0.2) is 0 Å². The molecular formula is C12H21Cl2N3O2S. The molecule has 1 unspecified atom stereocenters. The lowest BCUT2D eigenvalue weighted by Gasteiger charge is -2.09. The number of amides is 1. The van der Waals surface area contributed by atoms with Gasteiger partial charge in [-0.2, -0.15) is 0 Å². The maximum Gasteiger partial charge on any atom is 0.237 e. The van der Waals surface area contributed by atoms with Gasteiger partial charge in [0.1, 0.15) is 11.1 Å². The largest absolute Gasteiger partial charge is 0.375 e. The zero-order valence-electron chi connectivity index (χ0n) is 11.5. The molecule has 0 aliphatic carbocycles. The Labute approximate surface area is 135 Å². The van der Waals surface area contributed by atoms with Gasteiger partial charge in [0.25, 0.3) is 0 Å². The van der Waals surface area contributed by atoms with Gasteiger partial charge in [0, 0.05) is 12.5 Å². The van der Waals surface area contributed by atoms with Crippen LogP contribution >= 0.6 is 36.2 Å². The molecule has 8 heteroatoms. The van der Waals surface area contributed by atoms with E-state index in [0.717, 1.165) is 30.1 Å². The molecule has 5 nitrogen and oxygen atoms in total. The third-order valence-corrected chi connectivity index (χ3v) is 4.15. The molecule has 0 saturated carbocycles. The SMILES string of the molecule is COC(C)c1nc(CNC(=O)[C@@H]2CCCN2)cs1.Cl.Cl. The van der Waals surface area contributed by atoms with E-state index in [1.807, 2.05) is 12.3 Å². The van der Waals surface area contributed by atoms with E-state index in [-0.39, 0.29) is 42.9 Å². The number of ether oxygens (including phenoxy) is 1. The summed E-state index contributed by atoms with van der Waals surface area (Å²) in [6.07, 6.45) is 2.01. The number of carbonyl (C=O) groups is 1. The second kappa shape index (κ2) is 9.52. The minimum absolute atomic E-state index is 0. The molecule has 0 radical (unpaired) electrons. The Morgan fingerprint density at radius 2 is 2.40 bits per heavy atom. The van der Waals surface area contributed by atoms with Crippen molar-refractivity contribution in [1.82, 2.24) is 15.6 Å². The molecule has 2 N–H and O–H groups in total. The van der Waals surface area contributed by atoms with Gasteiger partial charge in [-0.05, 0) is 26.3 Å². The number of carbonyl (C=O) groups excluding carboxylic acids is 1. The average molecular weight is 342 g/mol. The van der Waals surface area contributed by atoms with Crippen molar-refractivity contribution in [2.24, 2.45) is 0 Å². The Balaban J connectivity index is 0.00000180. The fraction of sp³-hybridized carbons (Fsp3) is 0.667. The molecular weight excluding hydrogens is 321 g/mol.